The number of ether oxygens (including phenoxy) is 1. The molecule has 0 unspecified atom stereocenters. The Labute approximate surface area is 136 Å². The predicted molar refractivity (Wildman–Crippen MR) is 84.2 cm³/mol. The van der Waals surface area contributed by atoms with Crippen LogP contribution in [0.15, 0.2) is 0 Å². The SMILES string of the molecule is CN1CCCn2nc3c(c2C1=O)CN(C(=O)OC(C)(C)C)CC3. The smallest absolute Gasteiger partial charge is 0.410 e. The summed E-state index contributed by atoms with van der Waals surface area (Å²) in [6.45, 7) is 7.99. The van der Waals surface area contributed by atoms with Crippen LogP contribution in [0.2, 0.25) is 0 Å². The quantitative estimate of drug-likeness (QED) is 0.729. The van der Waals surface area contributed by atoms with E-state index in [1.54, 1.807) is 9.80 Å². The van der Waals surface area contributed by atoms with Gasteiger partial charge in [0.05, 0.1) is 12.2 Å². The van der Waals surface area contributed by atoms with Crippen molar-refractivity contribution in [3.8, 4) is 0 Å². The molecule has 7 nitrogen and oxygen atoms in total. The molecule has 126 valence electrons. The molecule has 0 spiro atoms. The predicted octanol–water partition coefficient (Wildman–Crippen LogP) is 1.65. The summed E-state index contributed by atoms with van der Waals surface area (Å²) < 4.78 is 7.26. The van der Waals surface area contributed by atoms with E-state index in [-0.39, 0.29) is 12.0 Å². The second-order valence-electron chi connectivity index (χ2n) is 7.23. The maximum atomic E-state index is 12.6. The Bertz CT molecular complexity index is 644. The highest BCUT2D eigenvalue weighted by Crippen LogP contribution is 2.26. The zero-order chi connectivity index (χ0) is 16.8. The zero-order valence-electron chi connectivity index (χ0n) is 14.3. The van der Waals surface area contributed by atoms with Gasteiger partial charge >= 0.3 is 6.09 Å². The molecule has 2 aliphatic heterocycles. The van der Waals surface area contributed by atoms with Crippen molar-refractivity contribution in [2.24, 2.45) is 0 Å². The molecule has 0 aromatic carbocycles. The van der Waals surface area contributed by atoms with Crippen molar-refractivity contribution in [1.82, 2.24) is 19.6 Å². The molecule has 0 atom stereocenters. The number of fused-ring (bicyclic) bond motifs is 3. The Hall–Kier alpha value is -2.05. The van der Waals surface area contributed by atoms with E-state index in [0.717, 1.165) is 30.8 Å². The number of carbonyl (C=O) groups is 2. The van der Waals surface area contributed by atoms with Gasteiger partial charge in [-0.3, -0.25) is 9.48 Å². The van der Waals surface area contributed by atoms with Crippen molar-refractivity contribution in [1.29, 1.82) is 0 Å². The van der Waals surface area contributed by atoms with Crippen molar-refractivity contribution in [3.63, 3.8) is 0 Å². The summed E-state index contributed by atoms with van der Waals surface area (Å²) in [6, 6.07) is 0. The Morgan fingerprint density at radius 3 is 2.65 bits per heavy atom. The van der Waals surface area contributed by atoms with E-state index < -0.39 is 5.60 Å². The minimum Gasteiger partial charge on any atom is -0.444 e. The molecular formula is C16H24N4O3. The van der Waals surface area contributed by atoms with Gasteiger partial charge in [0.2, 0.25) is 0 Å². The monoisotopic (exact) mass is 320 g/mol. The van der Waals surface area contributed by atoms with Gasteiger partial charge < -0.3 is 14.5 Å². The fourth-order valence-electron chi connectivity index (χ4n) is 3.05. The van der Waals surface area contributed by atoms with Crippen molar-refractivity contribution >= 4 is 12.0 Å². The summed E-state index contributed by atoms with van der Waals surface area (Å²) in [5, 5.41) is 4.59. The second-order valence-corrected chi connectivity index (χ2v) is 7.23. The highest BCUT2D eigenvalue weighted by atomic mass is 16.6. The molecule has 1 aromatic heterocycles. The molecule has 2 aliphatic rings. The zero-order valence-corrected chi connectivity index (χ0v) is 14.3. The lowest BCUT2D eigenvalue weighted by Gasteiger charge is -2.30. The minimum absolute atomic E-state index is 0.0118. The maximum Gasteiger partial charge on any atom is 0.410 e. The van der Waals surface area contributed by atoms with Gasteiger partial charge in [-0.15, -0.1) is 0 Å². The van der Waals surface area contributed by atoms with Gasteiger partial charge in [-0.2, -0.15) is 5.10 Å². The first kappa shape index (κ1) is 15.8. The van der Waals surface area contributed by atoms with Gasteiger partial charge in [0.1, 0.15) is 11.3 Å². The fourth-order valence-corrected chi connectivity index (χ4v) is 3.05. The lowest BCUT2D eigenvalue weighted by atomic mass is 10.1. The van der Waals surface area contributed by atoms with Crippen LogP contribution in [0.4, 0.5) is 4.79 Å². The maximum absolute atomic E-state index is 12.6. The molecule has 1 aromatic rings. The Morgan fingerprint density at radius 1 is 1.22 bits per heavy atom. The molecule has 0 N–H and O–H groups in total. The van der Waals surface area contributed by atoms with E-state index in [1.165, 1.54) is 0 Å². The summed E-state index contributed by atoms with van der Waals surface area (Å²) in [4.78, 5) is 28.3. The van der Waals surface area contributed by atoms with Crippen LogP contribution in [-0.4, -0.2) is 57.3 Å². The van der Waals surface area contributed by atoms with Crippen molar-refractivity contribution < 1.29 is 14.3 Å². The molecule has 3 heterocycles. The summed E-state index contributed by atoms with van der Waals surface area (Å²) in [6.07, 6.45) is 1.22. The van der Waals surface area contributed by atoms with E-state index in [0.29, 0.717) is 25.2 Å². The highest BCUT2D eigenvalue weighted by Gasteiger charge is 2.33. The molecule has 0 radical (unpaired) electrons. The summed E-state index contributed by atoms with van der Waals surface area (Å²) in [5.41, 5.74) is 1.92. The molecule has 0 aliphatic carbocycles. The van der Waals surface area contributed by atoms with Crippen molar-refractivity contribution in [2.75, 3.05) is 20.1 Å². The first-order valence-corrected chi connectivity index (χ1v) is 8.08. The van der Waals surface area contributed by atoms with E-state index in [4.69, 9.17) is 4.74 Å². The van der Waals surface area contributed by atoms with E-state index in [9.17, 15) is 9.59 Å². The standard InChI is InChI=1S/C16H24N4O3/c1-16(2,3)23-15(22)19-9-6-12-11(10-19)13-14(21)18(4)7-5-8-20(13)17-12/h5-10H2,1-4H3. The van der Waals surface area contributed by atoms with E-state index >= 15 is 0 Å². The molecule has 7 heteroatoms. The first-order chi connectivity index (χ1) is 10.8. The Morgan fingerprint density at radius 2 is 1.96 bits per heavy atom. The van der Waals surface area contributed by atoms with Gasteiger partial charge in [-0.25, -0.2) is 4.79 Å². The summed E-state index contributed by atoms with van der Waals surface area (Å²) in [7, 11) is 1.81. The van der Waals surface area contributed by atoms with Gasteiger partial charge in [-0.1, -0.05) is 0 Å². The molecule has 2 amide bonds. The molecule has 3 rings (SSSR count). The molecule has 23 heavy (non-hydrogen) atoms. The first-order valence-electron chi connectivity index (χ1n) is 8.08. The van der Waals surface area contributed by atoms with Gasteiger partial charge in [0.15, 0.2) is 0 Å². The third kappa shape index (κ3) is 3.04. The number of nitrogens with zero attached hydrogens (tertiary/aromatic N) is 4. The van der Waals surface area contributed by atoms with Crippen molar-refractivity contribution in [3.05, 3.63) is 17.0 Å². The highest BCUT2D eigenvalue weighted by molar-refractivity contribution is 5.94. The molecular weight excluding hydrogens is 296 g/mol. The van der Waals surface area contributed by atoms with Gasteiger partial charge in [0, 0.05) is 38.7 Å². The van der Waals surface area contributed by atoms with Gasteiger partial charge in [-0.05, 0) is 27.2 Å². The second kappa shape index (κ2) is 5.54. The van der Waals surface area contributed by atoms with Crippen LogP contribution in [0.25, 0.3) is 0 Å². The van der Waals surface area contributed by atoms with Crippen LogP contribution in [-0.2, 0) is 24.2 Å². The average molecular weight is 320 g/mol. The lowest BCUT2D eigenvalue weighted by Crippen LogP contribution is -2.40. The van der Waals surface area contributed by atoms with Crippen LogP contribution in [0.5, 0.6) is 0 Å². The topological polar surface area (TPSA) is 67.7 Å². The lowest BCUT2D eigenvalue weighted by molar-refractivity contribution is 0.0222. The minimum atomic E-state index is -0.524. The van der Waals surface area contributed by atoms with Crippen molar-refractivity contribution in [2.45, 2.75) is 52.3 Å². The number of carbonyl (C=O) groups excluding carboxylic acids is 2. The summed E-state index contributed by atoms with van der Waals surface area (Å²) in [5.74, 6) is -0.0118. The van der Waals surface area contributed by atoms with Crippen LogP contribution in [0.3, 0.4) is 0 Å². The number of rotatable bonds is 0. The third-order valence-electron chi connectivity index (χ3n) is 4.17. The number of amides is 2. The van der Waals surface area contributed by atoms with Gasteiger partial charge in [0.25, 0.3) is 5.91 Å². The number of aryl methyl sites for hydroxylation is 1. The van der Waals surface area contributed by atoms with Crippen LogP contribution >= 0.6 is 0 Å². The molecule has 0 saturated carbocycles. The Kier molecular flexibility index (Phi) is 3.82. The number of aromatic nitrogens is 2. The molecule has 0 saturated heterocycles. The number of hydrogen-bond donors (Lipinski definition) is 0. The molecule has 0 fully saturated rings. The fraction of sp³-hybridized carbons (Fsp3) is 0.688. The summed E-state index contributed by atoms with van der Waals surface area (Å²) >= 11 is 0. The van der Waals surface area contributed by atoms with E-state index in [2.05, 4.69) is 5.10 Å². The largest absolute Gasteiger partial charge is 0.444 e. The normalized spacial score (nSPS) is 18.3. The average Bonchev–Trinajstić information content (AvgIpc) is 2.75. The number of hydrogen-bond acceptors (Lipinski definition) is 4. The van der Waals surface area contributed by atoms with Crippen LogP contribution in [0.1, 0.15) is 48.9 Å². The van der Waals surface area contributed by atoms with E-state index in [1.807, 2.05) is 32.5 Å². The van der Waals surface area contributed by atoms with Crippen LogP contribution in [0, 0.1) is 0 Å². The molecule has 0 bridgehead atoms. The third-order valence-corrected chi connectivity index (χ3v) is 4.17. The Balaban J connectivity index is 1.87. The van der Waals surface area contributed by atoms with Crippen LogP contribution < -0.4 is 0 Å².